The van der Waals surface area contributed by atoms with E-state index in [9.17, 15) is 4.79 Å². The number of ether oxygens (including phenoxy) is 1. The van der Waals surface area contributed by atoms with Crippen molar-refractivity contribution in [2.24, 2.45) is 0 Å². The second-order valence-electron chi connectivity index (χ2n) is 5.68. The molecule has 0 N–H and O–H groups in total. The van der Waals surface area contributed by atoms with Gasteiger partial charge in [0, 0.05) is 27.4 Å². The Balaban J connectivity index is 2.38. The van der Waals surface area contributed by atoms with Gasteiger partial charge in [-0.15, -0.1) is 0 Å². The van der Waals surface area contributed by atoms with E-state index in [1.165, 1.54) is 10.9 Å². The van der Waals surface area contributed by atoms with Crippen LogP contribution < -0.4 is 4.90 Å². The normalized spacial score (nSPS) is 11.3. The van der Waals surface area contributed by atoms with E-state index >= 15 is 0 Å². The van der Waals surface area contributed by atoms with Gasteiger partial charge in [0.25, 0.3) is 0 Å². The van der Waals surface area contributed by atoms with E-state index in [1.54, 1.807) is 7.05 Å². The first kappa shape index (κ1) is 14.9. The Hall–Kier alpha value is -1.13. The lowest BCUT2D eigenvalue weighted by molar-refractivity contribution is 0.133. The van der Waals surface area contributed by atoms with Crippen molar-refractivity contribution in [2.45, 2.75) is 32.3 Å². The highest BCUT2D eigenvalue weighted by Crippen LogP contribution is 2.14. The van der Waals surface area contributed by atoms with Gasteiger partial charge in [-0.2, -0.15) is 0 Å². The summed E-state index contributed by atoms with van der Waals surface area (Å²) in [6, 6.07) is 8.97. The van der Waals surface area contributed by atoms with Gasteiger partial charge in [0.1, 0.15) is 0 Å². The fourth-order valence-corrected chi connectivity index (χ4v) is 2.19. The fourth-order valence-electron chi connectivity index (χ4n) is 1.44. The largest absolute Gasteiger partial charge is 0.377 e. The molecule has 0 bridgehead atoms. The number of hydrogen-bond donors (Lipinski definition) is 0. The van der Waals surface area contributed by atoms with Crippen LogP contribution >= 0.6 is 0 Å². The number of amides is 1. The first-order valence-corrected chi connectivity index (χ1v) is 9.91. The minimum absolute atomic E-state index is 0.638. The predicted molar refractivity (Wildman–Crippen MR) is 78.3 cm³/mol. The first-order chi connectivity index (χ1) is 8.42. The highest BCUT2D eigenvalue weighted by Gasteiger charge is 2.11. The van der Waals surface area contributed by atoms with Crippen LogP contribution in [0.25, 0.3) is 0 Å². The van der Waals surface area contributed by atoms with Gasteiger partial charge in [0.2, 0.25) is 0 Å². The summed E-state index contributed by atoms with van der Waals surface area (Å²) in [5, 5.41) is 0. The topological polar surface area (TPSA) is 29.5 Å². The number of hydrogen-bond acceptors (Lipinski definition) is 2. The van der Waals surface area contributed by atoms with Crippen molar-refractivity contribution >= 4 is 20.2 Å². The molecule has 0 heterocycles. The van der Waals surface area contributed by atoms with Crippen LogP contribution in [-0.2, 0) is 16.1 Å². The molecule has 0 aliphatic carbocycles. The van der Waals surface area contributed by atoms with Crippen molar-refractivity contribution in [3.8, 4) is 0 Å². The second kappa shape index (κ2) is 6.71. The summed E-state index contributed by atoms with van der Waals surface area (Å²) in [5.41, 5.74) is 1.98. The third-order valence-electron chi connectivity index (χ3n) is 2.73. The molecule has 1 amide bonds. The summed E-state index contributed by atoms with van der Waals surface area (Å²) < 4.78 is 5.67. The maximum atomic E-state index is 10.5. The zero-order valence-corrected chi connectivity index (χ0v) is 12.7. The van der Waals surface area contributed by atoms with E-state index < -0.39 is 8.07 Å². The Bertz CT molecular complexity index is 370. The van der Waals surface area contributed by atoms with E-state index in [0.717, 1.165) is 17.9 Å². The number of anilines is 1. The number of rotatable bonds is 7. The minimum atomic E-state index is -0.999. The van der Waals surface area contributed by atoms with Crippen molar-refractivity contribution in [3.63, 3.8) is 0 Å². The number of benzene rings is 1. The predicted octanol–water partition coefficient (Wildman–Crippen LogP) is 3.04. The maximum absolute atomic E-state index is 10.5. The Morgan fingerprint density at radius 3 is 2.33 bits per heavy atom. The third kappa shape index (κ3) is 5.47. The molecule has 0 saturated heterocycles. The summed E-state index contributed by atoms with van der Waals surface area (Å²) in [7, 11) is 0.688. The van der Waals surface area contributed by atoms with E-state index in [-0.39, 0.29) is 0 Å². The van der Waals surface area contributed by atoms with Gasteiger partial charge < -0.3 is 9.64 Å². The summed E-state index contributed by atoms with van der Waals surface area (Å²) in [5.74, 6) is 0. The molecule has 0 aliphatic rings. The lowest BCUT2D eigenvalue weighted by Crippen LogP contribution is -2.21. The van der Waals surface area contributed by atoms with Gasteiger partial charge in [0.15, 0.2) is 0 Å². The van der Waals surface area contributed by atoms with Crippen LogP contribution in [0.15, 0.2) is 24.3 Å². The van der Waals surface area contributed by atoms with Crippen molar-refractivity contribution in [1.82, 2.24) is 0 Å². The van der Waals surface area contributed by atoms with Crippen LogP contribution in [0.3, 0.4) is 0 Å². The molecule has 18 heavy (non-hydrogen) atoms. The molecule has 99 valence electrons. The smallest absolute Gasteiger partial charge is 0.316 e. The Morgan fingerprint density at radius 1 is 1.22 bits per heavy atom. The first-order valence-electron chi connectivity index (χ1n) is 6.20. The zero-order chi connectivity index (χ0) is 13.6. The molecule has 0 unspecified atom stereocenters. The highest BCUT2D eigenvalue weighted by molar-refractivity contribution is 6.76. The van der Waals surface area contributed by atoms with Gasteiger partial charge in [-0.1, -0.05) is 31.8 Å². The standard InChI is InChI=1S/C14H22NO2Si/c1-15(12-16)14-7-5-13(6-8-14)11-17-9-10-18(2,3)4/h5-8H,9-11H2,1-4H3. The number of nitrogens with zero attached hydrogens (tertiary/aromatic N) is 1. The summed E-state index contributed by atoms with van der Waals surface area (Å²) >= 11 is 0. The van der Waals surface area contributed by atoms with Crippen molar-refractivity contribution < 1.29 is 9.53 Å². The second-order valence-corrected chi connectivity index (χ2v) is 11.3. The van der Waals surface area contributed by atoms with Crippen LogP contribution in [0.4, 0.5) is 5.69 Å². The monoisotopic (exact) mass is 264 g/mol. The SMILES string of the molecule is CN([C]=O)c1ccc(COCC[Si](C)(C)C)cc1. The molecule has 1 radical (unpaired) electrons. The van der Waals surface area contributed by atoms with E-state index in [0.29, 0.717) is 6.61 Å². The molecule has 1 rings (SSSR count). The summed E-state index contributed by atoms with van der Waals surface area (Å²) in [6.45, 7) is 8.50. The van der Waals surface area contributed by atoms with E-state index in [1.807, 2.05) is 30.7 Å². The van der Waals surface area contributed by atoms with Gasteiger partial charge in [0.05, 0.1) is 6.61 Å². The van der Waals surface area contributed by atoms with E-state index in [2.05, 4.69) is 19.6 Å². The molecule has 0 aromatic heterocycles. The molecule has 0 fully saturated rings. The molecule has 3 nitrogen and oxygen atoms in total. The average Bonchev–Trinajstić information content (AvgIpc) is 2.33. The van der Waals surface area contributed by atoms with Crippen molar-refractivity contribution in [2.75, 3.05) is 18.6 Å². The average molecular weight is 264 g/mol. The fraction of sp³-hybridized carbons (Fsp3) is 0.500. The lowest BCUT2D eigenvalue weighted by Gasteiger charge is -2.15. The van der Waals surface area contributed by atoms with Gasteiger partial charge in [-0.3, -0.25) is 4.79 Å². The molecule has 0 aliphatic heterocycles. The molecule has 4 heteroatoms. The summed E-state index contributed by atoms with van der Waals surface area (Å²) in [6.07, 6.45) is 1.83. The molecular formula is C14H22NO2Si. The van der Waals surface area contributed by atoms with Crippen molar-refractivity contribution in [3.05, 3.63) is 29.8 Å². The van der Waals surface area contributed by atoms with E-state index in [4.69, 9.17) is 4.74 Å². The maximum Gasteiger partial charge on any atom is 0.316 e. The van der Waals surface area contributed by atoms with Gasteiger partial charge >= 0.3 is 6.41 Å². The van der Waals surface area contributed by atoms with Crippen molar-refractivity contribution in [1.29, 1.82) is 0 Å². The van der Waals surface area contributed by atoms with Crippen LogP contribution in [0.5, 0.6) is 0 Å². The lowest BCUT2D eigenvalue weighted by atomic mass is 10.2. The van der Waals surface area contributed by atoms with Crippen LogP contribution in [-0.4, -0.2) is 28.1 Å². The quantitative estimate of drug-likeness (QED) is 0.430. The Morgan fingerprint density at radius 2 is 1.83 bits per heavy atom. The molecule has 0 spiro atoms. The Labute approximate surface area is 111 Å². The third-order valence-corrected chi connectivity index (χ3v) is 4.43. The molecule has 0 saturated carbocycles. The molecular weight excluding hydrogens is 242 g/mol. The van der Waals surface area contributed by atoms with Crippen LogP contribution in [0.1, 0.15) is 5.56 Å². The Kier molecular flexibility index (Phi) is 5.56. The van der Waals surface area contributed by atoms with Crippen LogP contribution in [0.2, 0.25) is 25.7 Å². The molecule has 1 aromatic rings. The highest BCUT2D eigenvalue weighted by atomic mass is 28.3. The summed E-state index contributed by atoms with van der Waals surface area (Å²) in [4.78, 5) is 11.9. The minimum Gasteiger partial charge on any atom is -0.377 e. The number of carbonyl (C=O) groups excluding carboxylic acids is 1. The van der Waals surface area contributed by atoms with Gasteiger partial charge in [-0.05, 0) is 23.7 Å². The van der Waals surface area contributed by atoms with Crippen LogP contribution in [0, 0.1) is 0 Å². The zero-order valence-electron chi connectivity index (χ0n) is 11.7. The molecule has 0 atom stereocenters. The van der Waals surface area contributed by atoms with Gasteiger partial charge in [-0.25, -0.2) is 0 Å². The molecule has 1 aromatic carbocycles.